The zero-order chi connectivity index (χ0) is 16.1. The lowest BCUT2D eigenvalue weighted by Gasteiger charge is -2.10. The van der Waals surface area contributed by atoms with Crippen LogP contribution in [0.5, 0.6) is 0 Å². The van der Waals surface area contributed by atoms with Gasteiger partial charge < -0.3 is 15.7 Å². The molecule has 2 aromatic rings. The molecular weight excluding hydrogens is 314 g/mol. The fourth-order valence-electron chi connectivity index (χ4n) is 1.62. The number of amides is 2. The molecule has 3 N–H and O–H groups in total. The Morgan fingerprint density at radius 3 is 2.68 bits per heavy atom. The van der Waals surface area contributed by atoms with Crippen molar-refractivity contribution in [1.29, 1.82) is 0 Å². The van der Waals surface area contributed by atoms with Crippen molar-refractivity contribution in [3.05, 3.63) is 52.2 Å². The molecule has 0 aliphatic heterocycles. The van der Waals surface area contributed by atoms with Gasteiger partial charge in [0.15, 0.2) is 0 Å². The molecule has 0 fully saturated rings. The van der Waals surface area contributed by atoms with Gasteiger partial charge in [0.25, 0.3) is 0 Å². The minimum atomic E-state index is -1.15. The molecule has 0 spiro atoms. The van der Waals surface area contributed by atoms with E-state index in [-0.39, 0.29) is 6.54 Å². The SMILES string of the molecule is O=C(NCC(O)c1cccs1)C(=O)Nc1cc(F)ccc1F. The fourth-order valence-corrected chi connectivity index (χ4v) is 2.34. The molecule has 5 nitrogen and oxygen atoms in total. The van der Waals surface area contributed by atoms with Gasteiger partial charge in [0.1, 0.15) is 17.7 Å². The highest BCUT2D eigenvalue weighted by molar-refractivity contribution is 7.10. The number of nitrogens with one attached hydrogen (secondary N) is 2. The zero-order valence-corrected chi connectivity index (χ0v) is 12.0. The summed E-state index contributed by atoms with van der Waals surface area (Å²) in [4.78, 5) is 23.8. The normalized spacial score (nSPS) is 11.8. The first-order valence-electron chi connectivity index (χ1n) is 6.23. The van der Waals surface area contributed by atoms with Crippen LogP contribution in [0.4, 0.5) is 14.5 Å². The zero-order valence-electron chi connectivity index (χ0n) is 11.2. The molecule has 1 aromatic heterocycles. The second-order valence-corrected chi connectivity index (χ2v) is 5.30. The van der Waals surface area contributed by atoms with E-state index in [2.05, 4.69) is 5.32 Å². The van der Waals surface area contributed by atoms with Gasteiger partial charge in [0.2, 0.25) is 0 Å². The first-order chi connectivity index (χ1) is 10.5. The van der Waals surface area contributed by atoms with Gasteiger partial charge in [-0.2, -0.15) is 0 Å². The maximum Gasteiger partial charge on any atom is 0.313 e. The molecule has 0 bridgehead atoms. The number of thiophene rings is 1. The Kier molecular flexibility index (Phi) is 5.18. The second-order valence-electron chi connectivity index (χ2n) is 4.32. The Morgan fingerprint density at radius 2 is 2.00 bits per heavy atom. The summed E-state index contributed by atoms with van der Waals surface area (Å²) in [6, 6.07) is 5.92. The third-order valence-electron chi connectivity index (χ3n) is 2.71. The number of aliphatic hydroxyl groups excluding tert-OH is 1. The van der Waals surface area contributed by atoms with E-state index < -0.39 is 35.2 Å². The first kappa shape index (κ1) is 16.1. The van der Waals surface area contributed by atoms with Crippen LogP contribution in [0.1, 0.15) is 11.0 Å². The van der Waals surface area contributed by atoms with Crippen LogP contribution in [0.25, 0.3) is 0 Å². The lowest BCUT2D eigenvalue weighted by Crippen LogP contribution is -2.37. The maximum atomic E-state index is 13.3. The predicted molar refractivity (Wildman–Crippen MR) is 77.3 cm³/mol. The van der Waals surface area contributed by atoms with Gasteiger partial charge in [0.05, 0.1) is 5.69 Å². The third-order valence-corrected chi connectivity index (χ3v) is 3.68. The van der Waals surface area contributed by atoms with E-state index in [9.17, 15) is 23.5 Å². The minimum absolute atomic E-state index is 0.168. The summed E-state index contributed by atoms with van der Waals surface area (Å²) in [6.07, 6.45) is -0.942. The van der Waals surface area contributed by atoms with Gasteiger partial charge in [-0.05, 0) is 23.6 Å². The predicted octanol–water partition coefficient (Wildman–Crippen LogP) is 1.81. The molecule has 0 radical (unpaired) electrons. The molecule has 0 saturated heterocycles. The van der Waals surface area contributed by atoms with Gasteiger partial charge >= 0.3 is 11.8 Å². The molecule has 0 aliphatic rings. The van der Waals surface area contributed by atoms with Crippen LogP contribution in [-0.4, -0.2) is 23.5 Å². The number of carbonyl (C=O) groups is 2. The van der Waals surface area contributed by atoms with Crippen molar-refractivity contribution in [3.8, 4) is 0 Å². The van der Waals surface area contributed by atoms with E-state index in [4.69, 9.17) is 0 Å². The van der Waals surface area contributed by atoms with Crippen LogP contribution in [0.3, 0.4) is 0 Å². The van der Waals surface area contributed by atoms with Crippen molar-refractivity contribution in [2.24, 2.45) is 0 Å². The summed E-state index contributed by atoms with van der Waals surface area (Å²) < 4.78 is 26.3. The van der Waals surface area contributed by atoms with Crippen molar-refractivity contribution >= 4 is 28.8 Å². The number of hydrogen-bond donors (Lipinski definition) is 3. The smallest absolute Gasteiger partial charge is 0.313 e. The van der Waals surface area contributed by atoms with Gasteiger partial charge in [-0.3, -0.25) is 9.59 Å². The average molecular weight is 326 g/mol. The Hall–Kier alpha value is -2.32. The monoisotopic (exact) mass is 326 g/mol. The topological polar surface area (TPSA) is 78.4 Å². The van der Waals surface area contributed by atoms with E-state index >= 15 is 0 Å². The van der Waals surface area contributed by atoms with Gasteiger partial charge in [0, 0.05) is 17.5 Å². The summed E-state index contributed by atoms with van der Waals surface area (Å²) in [5.74, 6) is -3.81. The molecule has 0 aliphatic carbocycles. The summed E-state index contributed by atoms with van der Waals surface area (Å²) in [5.41, 5.74) is -0.432. The lowest BCUT2D eigenvalue weighted by atomic mass is 10.3. The molecule has 0 saturated carbocycles. The molecule has 2 rings (SSSR count). The van der Waals surface area contributed by atoms with Crippen LogP contribution in [0, 0.1) is 11.6 Å². The summed E-state index contributed by atoms with van der Waals surface area (Å²) in [7, 11) is 0. The average Bonchev–Trinajstić information content (AvgIpc) is 3.02. The van der Waals surface area contributed by atoms with Crippen LogP contribution < -0.4 is 10.6 Å². The molecule has 22 heavy (non-hydrogen) atoms. The molecule has 116 valence electrons. The lowest BCUT2D eigenvalue weighted by molar-refractivity contribution is -0.136. The second kappa shape index (κ2) is 7.10. The highest BCUT2D eigenvalue weighted by Gasteiger charge is 2.18. The first-order valence-corrected chi connectivity index (χ1v) is 7.11. The number of halogens is 2. The third kappa shape index (κ3) is 4.09. The van der Waals surface area contributed by atoms with Gasteiger partial charge in [-0.15, -0.1) is 11.3 Å². The highest BCUT2D eigenvalue weighted by atomic mass is 32.1. The number of hydrogen-bond acceptors (Lipinski definition) is 4. The molecular formula is C14H12F2N2O3S. The van der Waals surface area contributed by atoms with Gasteiger partial charge in [-0.25, -0.2) is 8.78 Å². The Bertz CT molecular complexity index is 677. The van der Waals surface area contributed by atoms with E-state index in [0.29, 0.717) is 4.88 Å². The minimum Gasteiger partial charge on any atom is -0.386 e. The summed E-state index contributed by atoms with van der Waals surface area (Å²) in [6.45, 7) is -0.168. The largest absolute Gasteiger partial charge is 0.386 e. The van der Waals surface area contributed by atoms with Crippen LogP contribution in [0.2, 0.25) is 0 Å². The molecule has 1 aromatic carbocycles. The van der Waals surface area contributed by atoms with Gasteiger partial charge in [-0.1, -0.05) is 6.07 Å². The number of aliphatic hydroxyl groups is 1. The van der Waals surface area contributed by atoms with E-state index in [0.717, 1.165) is 18.2 Å². The number of rotatable bonds is 4. The molecule has 1 heterocycles. The molecule has 1 unspecified atom stereocenters. The Labute approximate surface area is 128 Å². The van der Waals surface area contributed by atoms with Crippen LogP contribution in [0.15, 0.2) is 35.7 Å². The summed E-state index contributed by atoms with van der Waals surface area (Å²) >= 11 is 1.30. The van der Waals surface area contributed by atoms with Crippen molar-refractivity contribution in [3.63, 3.8) is 0 Å². The summed E-state index contributed by atoms with van der Waals surface area (Å²) in [5, 5.41) is 15.7. The fraction of sp³-hybridized carbons (Fsp3) is 0.143. The number of anilines is 1. The Balaban J connectivity index is 1.89. The van der Waals surface area contributed by atoms with E-state index in [1.807, 2.05) is 5.32 Å². The van der Waals surface area contributed by atoms with E-state index in [1.54, 1.807) is 17.5 Å². The van der Waals surface area contributed by atoms with Crippen molar-refractivity contribution in [2.75, 3.05) is 11.9 Å². The van der Waals surface area contributed by atoms with Crippen molar-refractivity contribution in [2.45, 2.75) is 6.10 Å². The Morgan fingerprint density at radius 1 is 1.23 bits per heavy atom. The quantitative estimate of drug-likeness (QED) is 0.750. The van der Waals surface area contributed by atoms with Crippen LogP contribution >= 0.6 is 11.3 Å². The molecule has 1 atom stereocenters. The van der Waals surface area contributed by atoms with Crippen molar-refractivity contribution in [1.82, 2.24) is 5.32 Å². The standard InChI is InChI=1S/C14H12F2N2O3S/c15-8-3-4-9(16)10(6-8)18-14(21)13(20)17-7-11(19)12-2-1-5-22-12/h1-6,11,19H,7H2,(H,17,20)(H,18,21). The maximum absolute atomic E-state index is 13.3. The number of carbonyl (C=O) groups excluding carboxylic acids is 2. The van der Waals surface area contributed by atoms with E-state index in [1.165, 1.54) is 11.3 Å². The number of benzene rings is 1. The molecule has 8 heteroatoms. The van der Waals surface area contributed by atoms with Crippen LogP contribution in [-0.2, 0) is 9.59 Å². The highest BCUT2D eigenvalue weighted by Crippen LogP contribution is 2.18. The van der Waals surface area contributed by atoms with Crippen molar-refractivity contribution < 1.29 is 23.5 Å². The molecule has 2 amide bonds.